The second-order valence-corrected chi connectivity index (χ2v) is 5.79. The molecule has 1 aliphatic heterocycles. The van der Waals surface area contributed by atoms with Crippen LogP contribution in [0.5, 0.6) is 0 Å². The van der Waals surface area contributed by atoms with Crippen molar-refractivity contribution in [3.05, 3.63) is 29.8 Å². The smallest absolute Gasteiger partial charge is 0.320 e. The van der Waals surface area contributed by atoms with Crippen LogP contribution in [0.3, 0.4) is 0 Å². The highest BCUT2D eigenvalue weighted by Crippen LogP contribution is 2.16. The summed E-state index contributed by atoms with van der Waals surface area (Å²) in [5.74, 6) is 0. The molecule has 2 amide bonds. The molecule has 0 saturated carbocycles. The van der Waals surface area contributed by atoms with Crippen molar-refractivity contribution < 1.29 is 4.79 Å². The lowest BCUT2D eigenvalue weighted by Crippen LogP contribution is -2.47. The Labute approximate surface area is 121 Å². The average Bonchev–Trinajstić information content (AvgIpc) is 2.46. The fourth-order valence-corrected chi connectivity index (χ4v) is 2.56. The van der Waals surface area contributed by atoms with Crippen molar-refractivity contribution in [3.8, 4) is 0 Å². The Morgan fingerprint density at radius 2 is 1.80 bits per heavy atom. The van der Waals surface area contributed by atoms with E-state index in [4.69, 9.17) is 5.73 Å². The maximum Gasteiger partial charge on any atom is 0.320 e. The number of benzene rings is 1. The number of nitrogens with zero attached hydrogens (tertiary/aromatic N) is 2. The molecule has 4 heteroatoms. The first-order valence-electron chi connectivity index (χ1n) is 7.48. The number of piperidine rings is 1. The zero-order chi connectivity index (χ0) is 14.5. The quantitative estimate of drug-likeness (QED) is 0.862. The van der Waals surface area contributed by atoms with E-state index in [0.717, 1.165) is 37.2 Å². The number of rotatable bonds is 3. The standard InChI is InChI=1S/C16H25N3O/c1-13(2)19(12-14-6-8-15(17)9-7-14)16(20)18-10-4-3-5-11-18/h6-9,13H,3-5,10-12,17H2,1-2H3. The lowest BCUT2D eigenvalue weighted by Gasteiger charge is -2.35. The molecule has 2 N–H and O–H groups in total. The van der Waals surface area contributed by atoms with Gasteiger partial charge in [0.15, 0.2) is 0 Å². The number of hydrogen-bond donors (Lipinski definition) is 1. The van der Waals surface area contributed by atoms with Crippen LogP contribution in [0.15, 0.2) is 24.3 Å². The van der Waals surface area contributed by atoms with Crippen LogP contribution in [0.2, 0.25) is 0 Å². The molecule has 0 aliphatic carbocycles. The van der Waals surface area contributed by atoms with Crippen molar-refractivity contribution in [3.63, 3.8) is 0 Å². The first-order valence-corrected chi connectivity index (χ1v) is 7.48. The molecular formula is C16H25N3O. The molecule has 1 aromatic rings. The van der Waals surface area contributed by atoms with Gasteiger partial charge in [-0.05, 0) is 50.8 Å². The third-order valence-corrected chi connectivity index (χ3v) is 3.83. The Morgan fingerprint density at radius 3 is 2.35 bits per heavy atom. The number of anilines is 1. The summed E-state index contributed by atoms with van der Waals surface area (Å²) in [6.45, 7) is 6.57. The Balaban J connectivity index is 2.06. The van der Waals surface area contributed by atoms with Gasteiger partial charge in [-0.3, -0.25) is 0 Å². The summed E-state index contributed by atoms with van der Waals surface area (Å²) in [6, 6.07) is 8.12. The van der Waals surface area contributed by atoms with Crippen molar-refractivity contribution in [1.29, 1.82) is 0 Å². The predicted molar refractivity (Wildman–Crippen MR) is 82.4 cm³/mol. The van der Waals surface area contributed by atoms with Gasteiger partial charge < -0.3 is 15.5 Å². The van der Waals surface area contributed by atoms with Gasteiger partial charge in [0, 0.05) is 31.4 Å². The van der Waals surface area contributed by atoms with Crippen LogP contribution >= 0.6 is 0 Å². The van der Waals surface area contributed by atoms with Crippen LogP contribution in [0.1, 0.15) is 38.7 Å². The number of hydrogen-bond acceptors (Lipinski definition) is 2. The van der Waals surface area contributed by atoms with E-state index < -0.39 is 0 Å². The van der Waals surface area contributed by atoms with Crippen LogP contribution < -0.4 is 5.73 Å². The topological polar surface area (TPSA) is 49.6 Å². The zero-order valence-electron chi connectivity index (χ0n) is 12.5. The summed E-state index contributed by atoms with van der Waals surface area (Å²) in [5, 5.41) is 0. The number of carbonyl (C=O) groups excluding carboxylic acids is 1. The molecule has 110 valence electrons. The Hall–Kier alpha value is -1.71. The fraction of sp³-hybridized carbons (Fsp3) is 0.562. The minimum atomic E-state index is 0.163. The summed E-state index contributed by atoms with van der Waals surface area (Å²) in [7, 11) is 0. The highest BCUT2D eigenvalue weighted by atomic mass is 16.2. The van der Waals surface area contributed by atoms with Crippen molar-refractivity contribution in [2.45, 2.75) is 45.7 Å². The van der Waals surface area contributed by atoms with Crippen molar-refractivity contribution in [2.24, 2.45) is 0 Å². The first-order chi connectivity index (χ1) is 9.58. The molecule has 0 spiro atoms. The third kappa shape index (κ3) is 3.65. The molecule has 0 bridgehead atoms. The lowest BCUT2D eigenvalue weighted by atomic mass is 10.1. The van der Waals surface area contributed by atoms with Gasteiger partial charge in [0.1, 0.15) is 0 Å². The van der Waals surface area contributed by atoms with Crippen LogP contribution in [0.25, 0.3) is 0 Å². The molecule has 0 unspecified atom stereocenters. The third-order valence-electron chi connectivity index (χ3n) is 3.83. The second kappa shape index (κ2) is 6.64. The van der Waals surface area contributed by atoms with Gasteiger partial charge in [-0.2, -0.15) is 0 Å². The minimum absolute atomic E-state index is 0.163. The maximum absolute atomic E-state index is 12.6. The molecule has 20 heavy (non-hydrogen) atoms. The largest absolute Gasteiger partial charge is 0.399 e. The number of nitrogens with two attached hydrogens (primary N) is 1. The molecule has 1 saturated heterocycles. The van der Waals surface area contributed by atoms with E-state index in [1.165, 1.54) is 6.42 Å². The predicted octanol–water partition coefficient (Wildman–Crippen LogP) is 3.09. The van der Waals surface area contributed by atoms with Gasteiger partial charge in [-0.1, -0.05) is 12.1 Å². The van der Waals surface area contributed by atoms with E-state index in [2.05, 4.69) is 13.8 Å². The molecule has 0 radical (unpaired) electrons. The van der Waals surface area contributed by atoms with Gasteiger partial charge in [0.25, 0.3) is 0 Å². The lowest BCUT2D eigenvalue weighted by molar-refractivity contribution is 0.128. The van der Waals surface area contributed by atoms with Gasteiger partial charge in [0.05, 0.1) is 0 Å². The minimum Gasteiger partial charge on any atom is -0.399 e. The summed E-state index contributed by atoms with van der Waals surface area (Å²) in [6.07, 6.45) is 3.49. The van der Waals surface area contributed by atoms with Gasteiger partial charge in [-0.25, -0.2) is 4.79 Å². The molecule has 1 fully saturated rings. The first kappa shape index (κ1) is 14.7. The zero-order valence-corrected chi connectivity index (χ0v) is 12.5. The van der Waals surface area contributed by atoms with Gasteiger partial charge in [-0.15, -0.1) is 0 Å². The summed E-state index contributed by atoms with van der Waals surface area (Å²) in [4.78, 5) is 16.6. The highest BCUT2D eigenvalue weighted by Gasteiger charge is 2.24. The van der Waals surface area contributed by atoms with Crippen molar-refractivity contribution in [2.75, 3.05) is 18.8 Å². The SMILES string of the molecule is CC(C)N(Cc1ccc(N)cc1)C(=O)N1CCCCC1. The van der Waals surface area contributed by atoms with Crippen molar-refractivity contribution >= 4 is 11.7 Å². The Bertz CT molecular complexity index is 436. The van der Waals surface area contributed by atoms with E-state index in [-0.39, 0.29) is 12.1 Å². The van der Waals surface area contributed by atoms with Crippen LogP contribution in [-0.4, -0.2) is 35.0 Å². The van der Waals surface area contributed by atoms with Gasteiger partial charge >= 0.3 is 6.03 Å². The number of urea groups is 1. The van der Waals surface area contributed by atoms with Crippen LogP contribution in [0, 0.1) is 0 Å². The highest BCUT2D eigenvalue weighted by molar-refractivity contribution is 5.75. The molecule has 4 nitrogen and oxygen atoms in total. The summed E-state index contributed by atoms with van der Waals surface area (Å²) >= 11 is 0. The van der Waals surface area contributed by atoms with Crippen LogP contribution in [0.4, 0.5) is 10.5 Å². The van der Waals surface area contributed by atoms with E-state index in [0.29, 0.717) is 6.54 Å². The maximum atomic E-state index is 12.6. The Morgan fingerprint density at radius 1 is 1.20 bits per heavy atom. The molecule has 1 aliphatic rings. The van der Waals surface area contributed by atoms with Crippen molar-refractivity contribution in [1.82, 2.24) is 9.80 Å². The average molecular weight is 275 g/mol. The summed E-state index contributed by atoms with van der Waals surface area (Å²) < 4.78 is 0. The summed E-state index contributed by atoms with van der Waals surface area (Å²) in [5.41, 5.74) is 7.59. The molecule has 1 heterocycles. The van der Waals surface area contributed by atoms with Crippen LogP contribution in [-0.2, 0) is 6.54 Å². The molecule has 1 aromatic carbocycles. The van der Waals surface area contributed by atoms with E-state index in [1.807, 2.05) is 34.1 Å². The monoisotopic (exact) mass is 275 g/mol. The number of amides is 2. The normalized spacial score (nSPS) is 15.4. The molecular weight excluding hydrogens is 250 g/mol. The fourth-order valence-electron chi connectivity index (χ4n) is 2.56. The molecule has 2 rings (SSSR count). The van der Waals surface area contributed by atoms with E-state index >= 15 is 0 Å². The van der Waals surface area contributed by atoms with Gasteiger partial charge in [0.2, 0.25) is 0 Å². The number of nitrogen functional groups attached to an aromatic ring is 1. The molecule has 0 aromatic heterocycles. The molecule has 0 atom stereocenters. The van der Waals surface area contributed by atoms with E-state index in [1.54, 1.807) is 0 Å². The number of likely N-dealkylation sites (tertiary alicyclic amines) is 1. The van der Waals surface area contributed by atoms with E-state index in [9.17, 15) is 4.79 Å². The Kier molecular flexibility index (Phi) is 4.88. The second-order valence-electron chi connectivity index (χ2n) is 5.79. The number of carbonyl (C=O) groups is 1.